The zero-order valence-corrected chi connectivity index (χ0v) is 13.3. The summed E-state index contributed by atoms with van der Waals surface area (Å²) in [6.07, 6.45) is 1.07. The van der Waals surface area contributed by atoms with E-state index in [9.17, 15) is 4.79 Å². The Morgan fingerprint density at radius 3 is 2.32 bits per heavy atom. The van der Waals surface area contributed by atoms with E-state index >= 15 is 0 Å². The first-order chi connectivity index (χ1) is 10.4. The van der Waals surface area contributed by atoms with E-state index in [1.807, 2.05) is 18.2 Å². The summed E-state index contributed by atoms with van der Waals surface area (Å²) in [6.45, 7) is 6.85. The lowest BCUT2D eigenvalue weighted by molar-refractivity contribution is 0.0694. The van der Waals surface area contributed by atoms with E-state index in [4.69, 9.17) is 9.84 Å². The molecule has 0 unspecified atom stereocenters. The second-order valence-corrected chi connectivity index (χ2v) is 6.01. The first kappa shape index (κ1) is 16.1. The molecule has 0 atom stereocenters. The molecule has 116 valence electrons. The minimum atomic E-state index is -0.931. The molecule has 0 heterocycles. The fourth-order valence-electron chi connectivity index (χ4n) is 2.22. The lowest BCUT2D eigenvalue weighted by Crippen LogP contribution is -2.15. The average Bonchev–Trinajstić information content (AvgIpc) is 2.53. The van der Waals surface area contributed by atoms with Crippen LogP contribution >= 0.6 is 0 Å². The van der Waals surface area contributed by atoms with Crippen molar-refractivity contribution < 1.29 is 14.6 Å². The Kier molecular flexibility index (Phi) is 4.86. The molecule has 0 aliphatic carbocycles. The van der Waals surface area contributed by atoms with E-state index in [-0.39, 0.29) is 17.6 Å². The van der Waals surface area contributed by atoms with Gasteiger partial charge in [0.05, 0.1) is 5.56 Å². The average molecular weight is 298 g/mol. The highest BCUT2D eigenvalue weighted by molar-refractivity contribution is 5.89. The van der Waals surface area contributed by atoms with E-state index in [1.165, 1.54) is 5.56 Å². The SMILES string of the molecule is CCC(C)(C)c1ccc(OCc2ccccc2C(=O)O)cc1. The number of benzene rings is 2. The lowest BCUT2D eigenvalue weighted by atomic mass is 9.82. The fraction of sp³-hybridized carbons (Fsp3) is 0.316. The second kappa shape index (κ2) is 6.65. The molecule has 2 aromatic carbocycles. The molecule has 0 fully saturated rings. The highest BCUT2D eigenvalue weighted by Gasteiger charge is 2.17. The van der Waals surface area contributed by atoms with Crippen LogP contribution < -0.4 is 4.74 Å². The molecule has 0 spiro atoms. The summed E-state index contributed by atoms with van der Waals surface area (Å²) in [5.41, 5.74) is 2.38. The van der Waals surface area contributed by atoms with Crippen LogP contribution in [0.2, 0.25) is 0 Å². The Morgan fingerprint density at radius 2 is 1.73 bits per heavy atom. The number of carboxylic acid groups (broad SMARTS) is 1. The predicted molar refractivity (Wildman–Crippen MR) is 87.5 cm³/mol. The van der Waals surface area contributed by atoms with Gasteiger partial charge in [-0.05, 0) is 35.6 Å². The zero-order chi connectivity index (χ0) is 16.2. The first-order valence-corrected chi connectivity index (χ1v) is 7.48. The molecule has 0 aromatic heterocycles. The summed E-state index contributed by atoms with van der Waals surface area (Å²) in [5, 5.41) is 9.16. The van der Waals surface area contributed by atoms with Crippen molar-refractivity contribution in [3.8, 4) is 5.75 Å². The third-order valence-electron chi connectivity index (χ3n) is 4.16. The predicted octanol–water partition coefficient (Wildman–Crippen LogP) is 4.65. The van der Waals surface area contributed by atoms with Crippen LogP contribution in [0.3, 0.4) is 0 Å². The summed E-state index contributed by atoms with van der Waals surface area (Å²) in [7, 11) is 0. The van der Waals surface area contributed by atoms with Gasteiger partial charge in [0.15, 0.2) is 0 Å². The van der Waals surface area contributed by atoms with Crippen molar-refractivity contribution in [3.63, 3.8) is 0 Å². The van der Waals surface area contributed by atoms with Crippen LogP contribution in [-0.2, 0) is 12.0 Å². The molecule has 0 radical (unpaired) electrons. The minimum absolute atomic E-state index is 0.147. The summed E-state index contributed by atoms with van der Waals surface area (Å²) < 4.78 is 5.72. The normalized spacial score (nSPS) is 11.2. The third kappa shape index (κ3) is 3.67. The van der Waals surface area contributed by atoms with E-state index in [2.05, 4.69) is 32.9 Å². The van der Waals surface area contributed by atoms with Gasteiger partial charge in [-0.3, -0.25) is 0 Å². The van der Waals surface area contributed by atoms with Crippen LogP contribution in [0.5, 0.6) is 5.75 Å². The quantitative estimate of drug-likeness (QED) is 0.844. The maximum absolute atomic E-state index is 11.2. The van der Waals surface area contributed by atoms with Crippen molar-refractivity contribution >= 4 is 5.97 Å². The number of hydrogen-bond donors (Lipinski definition) is 1. The molecule has 3 heteroatoms. The second-order valence-electron chi connectivity index (χ2n) is 6.01. The van der Waals surface area contributed by atoms with Gasteiger partial charge in [0, 0.05) is 5.56 Å². The topological polar surface area (TPSA) is 46.5 Å². The van der Waals surface area contributed by atoms with Crippen molar-refractivity contribution in [2.24, 2.45) is 0 Å². The molecule has 0 saturated carbocycles. The van der Waals surface area contributed by atoms with Gasteiger partial charge in [0.25, 0.3) is 0 Å². The monoisotopic (exact) mass is 298 g/mol. The van der Waals surface area contributed by atoms with Crippen molar-refractivity contribution in [2.75, 3.05) is 0 Å². The van der Waals surface area contributed by atoms with Gasteiger partial charge in [-0.2, -0.15) is 0 Å². The Labute approximate surface area is 131 Å². The molecule has 0 aliphatic heterocycles. The maximum atomic E-state index is 11.2. The summed E-state index contributed by atoms with van der Waals surface area (Å²) in [5.74, 6) is -0.185. The van der Waals surface area contributed by atoms with Gasteiger partial charge in [-0.1, -0.05) is 51.1 Å². The smallest absolute Gasteiger partial charge is 0.336 e. The molecule has 0 amide bonds. The molecule has 0 aliphatic rings. The van der Waals surface area contributed by atoms with Gasteiger partial charge in [-0.25, -0.2) is 4.79 Å². The summed E-state index contributed by atoms with van der Waals surface area (Å²) >= 11 is 0. The lowest BCUT2D eigenvalue weighted by Gasteiger charge is -2.23. The van der Waals surface area contributed by atoms with Crippen LogP contribution in [0.25, 0.3) is 0 Å². The Hall–Kier alpha value is -2.29. The van der Waals surface area contributed by atoms with Gasteiger partial charge < -0.3 is 9.84 Å². The molecule has 2 aromatic rings. The van der Waals surface area contributed by atoms with Gasteiger partial charge in [-0.15, -0.1) is 0 Å². The van der Waals surface area contributed by atoms with Gasteiger partial charge >= 0.3 is 5.97 Å². The number of ether oxygens (including phenoxy) is 1. The van der Waals surface area contributed by atoms with Crippen LogP contribution in [0, 0.1) is 0 Å². The minimum Gasteiger partial charge on any atom is -0.489 e. The number of aromatic carboxylic acids is 1. The van der Waals surface area contributed by atoms with E-state index < -0.39 is 5.97 Å². The fourth-order valence-corrected chi connectivity index (χ4v) is 2.22. The van der Waals surface area contributed by atoms with Crippen LogP contribution in [0.1, 0.15) is 48.7 Å². The van der Waals surface area contributed by atoms with Crippen molar-refractivity contribution in [2.45, 2.75) is 39.2 Å². The summed E-state index contributed by atoms with van der Waals surface area (Å²) in [6, 6.07) is 14.9. The molecular formula is C19H22O3. The highest BCUT2D eigenvalue weighted by atomic mass is 16.5. The Balaban J connectivity index is 2.08. The standard InChI is InChI=1S/C19H22O3/c1-4-19(2,3)15-9-11-16(12-10-15)22-13-14-7-5-6-8-17(14)18(20)21/h5-12H,4,13H2,1-3H3,(H,20,21). The number of hydrogen-bond acceptors (Lipinski definition) is 2. The third-order valence-corrected chi connectivity index (χ3v) is 4.16. The van der Waals surface area contributed by atoms with Crippen LogP contribution in [-0.4, -0.2) is 11.1 Å². The largest absolute Gasteiger partial charge is 0.489 e. The van der Waals surface area contributed by atoms with Crippen molar-refractivity contribution in [1.29, 1.82) is 0 Å². The number of rotatable bonds is 6. The number of carboxylic acids is 1. The van der Waals surface area contributed by atoms with Gasteiger partial charge in [0.2, 0.25) is 0 Å². The molecule has 1 N–H and O–H groups in total. The zero-order valence-electron chi connectivity index (χ0n) is 13.3. The first-order valence-electron chi connectivity index (χ1n) is 7.48. The molecule has 0 bridgehead atoms. The Bertz CT molecular complexity index is 642. The van der Waals surface area contributed by atoms with E-state index in [0.29, 0.717) is 5.56 Å². The van der Waals surface area contributed by atoms with Crippen molar-refractivity contribution in [1.82, 2.24) is 0 Å². The molecule has 2 rings (SSSR count). The summed E-state index contributed by atoms with van der Waals surface area (Å²) in [4.78, 5) is 11.2. The van der Waals surface area contributed by atoms with Crippen molar-refractivity contribution in [3.05, 3.63) is 65.2 Å². The Morgan fingerprint density at radius 1 is 1.09 bits per heavy atom. The van der Waals surface area contributed by atoms with Crippen LogP contribution in [0.15, 0.2) is 48.5 Å². The van der Waals surface area contributed by atoms with Gasteiger partial charge in [0.1, 0.15) is 12.4 Å². The van der Waals surface area contributed by atoms with E-state index in [1.54, 1.807) is 18.2 Å². The van der Waals surface area contributed by atoms with Crippen LogP contribution in [0.4, 0.5) is 0 Å². The molecular weight excluding hydrogens is 276 g/mol. The number of carbonyl (C=O) groups is 1. The van der Waals surface area contributed by atoms with E-state index in [0.717, 1.165) is 12.2 Å². The molecule has 3 nitrogen and oxygen atoms in total. The molecule has 0 saturated heterocycles. The highest BCUT2D eigenvalue weighted by Crippen LogP contribution is 2.28. The molecule has 22 heavy (non-hydrogen) atoms. The maximum Gasteiger partial charge on any atom is 0.336 e.